The van der Waals surface area contributed by atoms with Crippen molar-refractivity contribution in [3.8, 4) is 0 Å². The average Bonchev–Trinajstić information content (AvgIpc) is 2.31. The van der Waals surface area contributed by atoms with Crippen LogP contribution < -0.4 is 0 Å². The molecule has 1 fully saturated rings. The van der Waals surface area contributed by atoms with Gasteiger partial charge in [-0.1, -0.05) is 52.7 Å². The highest BCUT2D eigenvalue weighted by Crippen LogP contribution is 2.20. The summed E-state index contributed by atoms with van der Waals surface area (Å²) < 4.78 is 0. The number of hydrogen-bond acceptors (Lipinski definition) is 1. The molecule has 1 saturated heterocycles. The highest BCUT2D eigenvalue weighted by atomic mass is 79.9. The number of rotatable bonds is 3. The fraction of sp³-hybridized carbons (Fsp3) is 0.538. The molecule has 0 N–H and O–H groups in total. The van der Waals surface area contributed by atoms with E-state index in [9.17, 15) is 0 Å². The van der Waals surface area contributed by atoms with E-state index < -0.39 is 0 Å². The van der Waals surface area contributed by atoms with Gasteiger partial charge in [-0.2, -0.15) is 0 Å². The molecule has 1 nitrogen and oxygen atoms in total. The van der Waals surface area contributed by atoms with Crippen LogP contribution in [0.3, 0.4) is 0 Å². The lowest BCUT2D eigenvalue weighted by atomic mass is 10.0. The zero-order chi connectivity index (χ0) is 10.5. The lowest BCUT2D eigenvalue weighted by Gasteiger charge is -2.34. The Morgan fingerprint density at radius 3 is 2.73 bits per heavy atom. The number of halogens is 1. The molecule has 1 aliphatic heterocycles. The van der Waals surface area contributed by atoms with Gasteiger partial charge in [0.2, 0.25) is 0 Å². The van der Waals surface area contributed by atoms with Crippen LogP contribution in [-0.2, 0) is 6.54 Å². The van der Waals surface area contributed by atoms with E-state index in [1.165, 1.54) is 31.4 Å². The van der Waals surface area contributed by atoms with Gasteiger partial charge in [-0.05, 0) is 24.9 Å². The Kier molecular flexibility index (Phi) is 4.21. The molecule has 0 aliphatic carbocycles. The van der Waals surface area contributed by atoms with Crippen LogP contribution in [0, 0.1) is 0 Å². The zero-order valence-corrected chi connectivity index (χ0v) is 10.6. The summed E-state index contributed by atoms with van der Waals surface area (Å²) in [6, 6.07) is 11.5. The maximum atomic E-state index is 3.62. The van der Waals surface area contributed by atoms with E-state index in [1.807, 2.05) is 0 Å². The lowest BCUT2D eigenvalue weighted by Crippen LogP contribution is -2.39. The Bertz CT molecular complexity index is 286. The van der Waals surface area contributed by atoms with Gasteiger partial charge in [0.25, 0.3) is 0 Å². The Hall–Kier alpha value is -0.340. The van der Waals surface area contributed by atoms with E-state index in [2.05, 4.69) is 51.2 Å². The minimum absolute atomic E-state index is 0.735. The highest BCUT2D eigenvalue weighted by molar-refractivity contribution is 9.09. The molecule has 0 spiro atoms. The summed E-state index contributed by atoms with van der Waals surface area (Å²) in [5, 5.41) is 1.11. The van der Waals surface area contributed by atoms with Gasteiger partial charge in [0, 0.05) is 17.9 Å². The molecule has 0 saturated carbocycles. The highest BCUT2D eigenvalue weighted by Gasteiger charge is 2.20. The molecule has 0 amide bonds. The Morgan fingerprint density at radius 2 is 2.00 bits per heavy atom. The largest absolute Gasteiger partial charge is 0.295 e. The quantitative estimate of drug-likeness (QED) is 0.759. The SMILES string of the molecule is BrC[C@@H]1CCCCN1Cc1ccccc1. The van der Waals surface area contributed by atoms with Crippen molar-refractivity contribution in [1.29, 1.82) is 0 Å². The first-order valence-electron chi connectivity index (χ1n) is 5.74. The van der Waals surface area contributed by atoms with Crippen LogP contribution in [0.2, 0.25) is 0 Å². The minimum atomic E-state index is 0.735. The molecule has 1 atom stereocenters. The maximum Gasteiger partial charge on any atom is 0.0237 e. The molecule has 0 radical (unpaired) electrons. The second kappa shape index (κ2) is 5.66. The third kappa shape index (κ3) is 3.05. The van der Waals surface area contributed by atoms with Crippen molar-refractivity contribution in [2.24, 2.45) is 0 Å². The Balaban J connectivity index is 1.97. The summed E-state index contributed by atoms with van der Waals surface area (Å²) in [5.74, 6) is 0. The Morgan fingerprint density at radius 1 is 1.20 bits per heavy atom. The molecule has 15 heavy (non-hydrogen) atoms. The lowest BCUT2D eigenvalue weighted by molar-refractivity contribution is 0.156. The van der Waals surface area contributed by atoms with E-state index in [0.29, 0.717) is 0 Å². The fourth-order valence-electron chi connectivity index (χ4n) is 2.26. The number of hydrogen-bond donors (Lipinski definition) is 0. The summed E-state index contributed by atoms with van der Waals surface area (Å²) in [6.45, 7) is 2.36. The molecule has 0 unspecified atom stereocenters. The molecule has 0 aromatic heterocycles. The van der Waals surface area contributed by atoms with Crippen molar-refractivity contribution < 1.29 is 0 Å². The third-order valence-electron chi connectivity index (χ3n) is 3.16. The smallest absolute Gasteiger partial charge is 0.0237 e. The van der Waals surface area contributed by atoms with Gasteiger partial charge in [0.15, 0.2) is 0 Å². The van der Waals surface area contributed by atoms with Crippen LogP contribution in [-0.4, -0.2) is 22.8 Å². The predicted molar refractivity (Wildman–Crippen MR) is 68.3 cm³/mol. The molecule has 1 heterocycles. The van der Waals surface area contributed by atoms with Crippen LogP contribution in [0.4, 0.5) is 0 Å². The van der Waals surface area contributed by atoms with Gasteiger partial charge < -0.3 is 0 Å². The van der Waals surface area contributed by atoms with Gasteiger partial charge in [0.05, 0.1) is 0 Å². The van der Waals surface area contributed by atoms with Gasteiger partial charge >= 0.3 is 0 Å². The van der Waals surface area contributed by atoms with E-state index in [-0.39, 0.29) is 0 Å². The van der Waals surface area contributed by atoms with Crippen molar-refractivity contribution in [3.63, 3.8) is 0 Å². The summed E-state index contributed by atoms with van der Waals surface area (Å²) in [5.41, 5.74) is 1.44. The van der Waals surface area contributed by atoms with E-state index >= 15 is 0 Å². The number of alkyl halides is 1. The van der Waals surface area contributed by atoms with E-state index in [4.69, 9.17) is 0 Å². The standard InChI is InChI=1S/C13H18BrN/c14-10-13-8-4-5-9-15(13)11-12-6-2-1-3-7-12/h1-3,6-7,13H,4-5,8-11H2/t13-/m0/s1. The molecule has 82 valence electrons. The summed E-state index contributed by atoms with van der Waals surface area (Å²) in [4.78, 5) is 2.60. The molecule has 1 aliphatic rings. The summed E-state index contributed by atoms with van der Waals surface area (Å²) in [7, 11) is 0. The first-order chi connectivity index (χ1) is 7.40. The zero-order valence-electron chi connectivity index (χ0n) is 9.03. The van der Waals surface area contributed by atoms with E-state index in [1.54, 1.807) is 0 Å². The molecular formula is C13H18BrN. The van der Waals surface area contributed by atoms with Gasteiger partial charge in [-0.3, -0.25) is 4.90 Å². The summed E-state index contributed by atoms with van der Waals surface area (Å²) in [6.07, 6.45) is 4.09. The number of piperidine rings is 1. The van der Waals surface area contributed by atoms with Crippen LogP contribution in [0.1, 0.15) is 24.8 Å². The van der Waals surface area contributed by atoms with Gasteiger partial charge in [0.1, 0.15) is 0 Å². The van der Waals surface area contributed by atoms with Crippen molar-refractivity contribution in [2.45, 2.75) is 31.8 Å². The molecule has 2 rings (SSSR count). The molecule has 2 heteroatoms. The monoisotopic (exact) mass is 267 g/mol. The number of likely N-dealkylation sites (tertiary alicyclic amines) is 1. The topological polar surface area (TPSA) is 3.24 Å². The third-order valence-corrected chi connectivity index (χ3v) is 3.90. The molecular weight excluding hydrogens is 250 g/mol. The van der Waals surface area contributed by atoms with Gasteiger partial charge in [-0.25, -0.2) is 0 Å². The first-order valence-corrected chi connectivity index (χ1v) is 6.86. The summed E-state index contributed by atoms with van der Waals surface area (Å²) >= 11 is 3.62. The van der Waals surface area contributed by atoms with Crippen LogP contribution in [0.25, 0.3) is 0 Å². The first kappa shape index (κ1) is 11.2. The van der Waals surface area contributed by atoms with Crippen LogP contribution in [0.15, 0.2) is 30.3 Å². The minimum Gasteiger partial charge on any atom is -0.295 e. The van der Waals surface area contributed by atoms with Crippen LogP contribution in [0.5, 0.6) is 0 Å². The van der Waals surface area contributed by atoms with Crippen molar-refractivity contribution in [2.75, 3.05) is 11.9 Å². The van der Waals surface area contributed by atoms with Crippen molar-refractivity contribution >= 4 is 15.9 Å². The van der Waals surface area contributed by atoms with Crippen LogP contribution >= 0.6 is 15.9 Å². The van der Waals surface area contributed by atoms with Crippen molar-refractivity contribution in [3.05, 3.63) is 35.9 Å². The molecule has 1 aromatic rings. The number of nitrogens with zero attached hydrogens (tertiary/aromatic N) is 1. The predicted octanol–water partition coefficient (Wildman–Crippen LogP) is 3.44. The number of benzene rings is 1. The normalized spacial score (nSPS) is 22.9. The molecule has 0 bridgehead atoms. The average molecular weight is 268 g/mol. The second-order valence-corrected chi connectivity index (χ2v) is 4.91. The second-order valence-electron chi connectivity index (χ2n) is 4.26. The maximum absolute atomic E-state index is 3.62. The van der Waals surface area contributed by atoms with Crippen molar-refractivity contribution in [1.82, 2.24) is 4.90 Å². The van der Waals surface area contributed by atoms with E-state index in [0.717, 1.165) is 17.9 Å². The Labute approximate surface area is 101 Å². The molecule has 1 aromatic carbocycles. The fourth-order valence-corrected chi connectivity index (χ4v) is 2.99. The van der Waals surface area contributed by atoms with Gasteiger partial charge in [-0.15, -0.1) is 0 Å².